The average molecular weight is 280 g/mol. The molecule has 4 heteroatoms. The molecule has 1 saturated heterocycles. The fraction of sp³-hybridized carbons (Fsp3) is 0.875. The van der Waals surface area contributed by atoms with Gasteiger partial charge in [0.1, 0.15) is 0 Å². The molecule has 0 unspecified atom stereocenters. The van der Waals surface area contributed by atoms with Crippen LogP contribution in [0.5, 0.6) is 0 Å². The number of amides is 2. The van der Waals surface area contributed by atoms with E-state index in [4.69, 9.17) is 0 Å². The Labute approximate surface area is 122 Å². The van der Waals surface area contributed by atoms with Crippen LogP contribution >= 0.6 is 0 Å². The predicted molar refractivity (Wildman–Crippen MR) is 79.2 cm³/mol. The van der Waals surface area contributed by atoms with Gasteiger partial charge in [-0.1, -0.05) is 39.0 Å². The summed E-state index contributed by atoms with van der Waals surface area (Å²) in [6, 6.07) is 0.338. The van der Waals surface area contributed by atoms with Crippen LogP contribution in [0.3, 0.4) is 0 Å². The maximum Gasteiger partial charge on any atom is 0.225 e. The van der Waals surface area contributed by atoms with Crippen molar-refractivity contribution < 1.29 is 9.59 Å². The van der Waals surface area contributed by atoms with Gasteiger partial charge in [0.2, 0.25) is 11.8 Å². The molecule has 2 rings (SSSR count). The fourth-order valence-corrected chi connectivity index (χ4v) is 3.26. The highest BCUT2D eigenvalue weighted by molar-refractivity contribution is 5.89. The first-order valence-electron chi connectivity index (χ1n) is 8.29. The maximum absolute atomic E-state index is 12.3. The number of likely N-dealkylation sites (tertiary alicyclic amines) is 1. The largest absolute Gasteiger partial charge is 0.353 e. The van der Waals surface area contributed by atoms with Crippen molar-refractivity contribution in [3.8, 4) is 0 Å². The number of carbonyl (C=O) groups is 2. The lowest BCUT2D eigenvalue weighted by atomic mass is 10.0. The number of rotatable bonds is 5. The molecule has 1 saturated carbocycles. The summed E-state index contributed by atoms with van der Waals surface area (Å²) >= 11 is 0. The number of carbonyl (C=O) groups excluding carboxylic acids is 2. The zero-order valence-electron chi connectivity index (χ0n) is 12.7. The second-order valence-corrected chi connectivity index (χ2v) is 6.29. The van der Waals surface area contributed by atoms with Crippen molar-refractivity contribution >= 4 is 11.8 Å². The van der Waals surface area contributed by atoms with Crippen LogP contribution in [0.25, 0.3) is 0 Å². The van der Waals surface area contributed by atoms with E-state index in [1.165, 1.54) is 25.7 Å². The summed E-state index contributed by atoms with van der Waals surface area (Å²) in [4.78, 5) is 26.1. The molecule has 1 heterocycles. The number of hydrogen-bond acceptors (Lipinski definition) is 2. The highest BCUT2D eigenvalue weighted by Gasteiger charge is 2.34. The summed E-state index contributed by atoms with van der Waals surface area (Å²) in [6.07, 6.45) is 9.75. The summed E-state index contributed by atoms with van der Waals surface area (Å²) in [5.41, 5.74) is 0. The Morgan fingerprint density at radius 3 is 2.60 bits per heavy atom. The van der Waals surface area contributed by atoms with Crippen LogP contribution in [0.15, 0.2) is 0 Å². The average Bonchev–Trinajstić information content (AvgIpc) is 2.64. The van der Waals surface area contributed by atoms with Crippen molar-refractivity contribution in [1.82, 2.24) is 10.2 Å². The first kappa shape index (κ1) is 15.3. The van der Waals surface area contributed by atoms with Crippen molar-refractivity contribution in [3.05, 3.63) is 0 Å². The first-order valence-corrected chi connectivity index (χ1v) is 8.29. The first-order chi connectivity index (χ1) is 9.70. The second kappa shape index (κ2) is 7.65. The van der Waals surface area contributed by atoms with Gasteiger partial charge in [-0.05, 0) is 19.3 Å². The molecule has 1 N–H and O–H groups in total. The SMILES string of the molecule is CCCCN1C[C@H](C(=O)NC2CCCCCC2)CC1=O. The molecule has 2 fully saturated rings. The van der Waals surface area contributed by atoms with Crippen molar-refractivity contribution in [2.75, 3.05) is 13.1 Å². The van der Waals surface area contributed by atoms with E-state index in [1.807, 2.05) is 4.90 Å². The van der Waals surface area contributed by atoms with Crippen LogP contribution in [-0.4, -0.2) is 35.8 Å². The third-order valence-electron chi connectivity index (χ3n) is 4.57. The molecule has 2 aliphatic rings. The van der Waals surface area contributed by atoms with Crippen molar-refractivity contribution in [2.24, 2.45) is 5.92 Å². The Hall–Kier alpha value is -1.06. The molecule has 0 aromatic carbocycles. The topological polar surface area (TPSA) is 49.4 Å². The van der Waals surface area contributed by atoms with Crippen molar-refractivity contribution in [1.29, 1.82) is 0 Å². The molecule has 1 atom stereocenters. The number of nitrogens with zero attached hydrogens (tertiary/aromatic N) is 1. The second-order valence-electron chi connectivity index (χ2n) is 6.29. The standard InChI is InChI=1S/C16H28N2O2/c1-2-3-10-18-12-13(11-15(18)19)16(20)17-14-8-6-4-5-7-9-14/h13-14H,2-12H2,1H3,(H,17,20)/t13-/m1/s1. The van der Waals surface area contributed by atoms with Crippen LogP contribution in [0.4, 0.5) is 0 Å². The lowest BCUT2D eigenvalue weighted by Gasteiger charge is -2.19. The van der Waals surface area contributed by atoms with Gasteiger partial charge in [-0.3, -0.25) is 9.59 Å². The van der Waals surface area contributed by atoms with E-state index in [0.29, 0.717) is 19.0 Å². The van der Waals surface area contributed by atoms with Gasteiger partial charge in [-0.25, -0.2) is 0 Å². The normalized spacial score (nSPS) is 24.8. The van der Waals surface area contributed by atoms with E-state index >= 15 is 0 Å². The molecule has 2 amide bonds. The number of unbranched alkanes of at least 4 members (excludes halogenated alkanes) is 1. The van der Waals surface area contributed by atoms with Gasteiger partial charge >= 0.3 is 0 Å². The molecule has 4 nitrogen and oxygen atoms in total. The lowest BCUT2D eigenvalue weighted by Crippen LogP contribution is -2.39. The lowest BCUT2D eigenvalue weighted by molar-refractivity contribution is -0.129. The highest BCUT2D eigenvalue weighted by atomic mass is 16.2. The smallest absolute Gasteiger partial charge is 0.225 e. The van der Waals surface area contributed by atoms with Gasteiger partial charge in [-0.2, -0.15) is 0 Å². The van der Waals surface area contributed by atoms with Crippen LogP contribution in [0.2, 0.25) is 0 Å². The molecule has 0 radical (unpaired) electrons. The minimum Gasteiger partial charge on any atom is -0.353 e. The Bertz CT molecular complexity index is 335. The van der Waals surface area contributed by atoms with E-state index in [9.17, 15) is 9.59 Å². The molecule has 0 bridgehead atoms. The fourth-order valence-electron chi connectivity index (χ4n) is 3.26. The van der Waals surface area contributed by atoms with Crippen LogP contribution in [0, 0.1) is 5.92 Å². The van der Waals surface area contributed by atoms with Crippen LogP contribution in [-0.2, 0) is 9.59 Å². The van der Waals surface area contributed by atoms with Gasteiger partial charge in [0, 0.05) is 25.6 Å². The van der Waals surface area contributed by atoms with E-state index < -0.39 is 0 Å². The monoisotopic (exact) mass is 280 g/mol. The van der Waals surface area contributed by atoms with E-state index in [2.05, 4.69) is 12.2 Å². The van der Waals surface area contributed by atoms with Crippen LogP contribution < -0.4 is 5.32 Å². The maximum atomic E-state index is 12.3. The third-order valence-corrected chi connectivity index (χ3v) is 4.57. The Morgan fingerprint density at radius 2 is 1.95 bits per heavy atom. The zero-order valence-corrected chi connectivity index (χ0v) is 12.7. The molecule has 0 spiro atoms. The summed E-state index contributed by atoms with van der Waals surface area (Å²) in [7, 11) is 0. The predicted octanol–water partition coefficient (Wildman–Crippen LogP) is 2.47. The highest BCUT2D eigenvalue weighted by Crippen LogP contribution is 2.21. The minimum absolute atomic E-state index is 0.101. The van der Waals surface area contributed by atoms with E-state index in [1.54, 1.807) is 0 Å². The molecule has 114 valence electrons. The summed E-state index contributed by atoms with van der Waals surface area (Å²) in [5.74, 6) is 0.131. The minimum atomic E-state index is -0.123. The van der Waals surface area contributed by atoms with Gasteiger partial charge in [0.05, 0.1) is 5.92 Å². The summed E-state index contributed by atoms with van der Waals surface area (Å²) in [6.45, 7) is 3.55. The Balaban J connectivity index is 1.79. The molecule has 20 heavy (non-hydrogen) atoms. The van der Waals surface area contributed by atoms with Crippen LogP contribution in [0.1, 0.15) is 64.7 Å². The molecule has 0 aromatic rings. The molecule has 1 aliphatic carbocycles. The summed E-state index contributed by atoms with van der Waals surface area (Å²) < 4.78 is 0. The summed E-state index contributed by atoms with van der Waals surface area (Å²) in [5, 5.41) is 3.18. The van der Waals surface area contributed by atoms with E-state index in [0.717, 1.165) is 32.2 Å². The molecular weight excluding hydrogens is 252 g/mol. The Morgan fingerprint density at radius 1 is 1.25 bits per heavy atom. The van der Waals surface area contributed by atoms with Crippen molar-refractivity contribution in [2.45, 2.75) is 70.8 Å². The quantitative estimate of drug-likeness (QED) is 0.787. The van der Waals surface area contributed by atoms with Gasteiger partial charge in [0.25, 0.3) is 0 Å². The zero-order chi connectivity index (χ0) is 14.4. The molecule has 0 aromatic heterocycles. The Kier molecular flexibility index (Phi) is 5.86. The van der Waals surface area contributed by atoms with E-state index in [-0.39, 0.29) is 17.7 Å². The third kappa shape index (κ3) is 4.22. The van der Waals surface area contributed by atoms with Gasteiger partial charge < -0.3 is 10.2 Å². The number of hydrogen-bond donors (Lipinski definition) is 1. The van der Waals surface area contributed by atoms with Gasteiger partial charge in [0.15, 0.2) is 0 Å². The molecular formula is C16H28N2O2. The van der Waals surface area contributed by atoms with Gasteiger partial charge in [-0.15, -0.1) is 0 Å². The number of nitrogens with one attached hydrogen (secondary N) is 1. The van der Waals surface area contributed by atoms with Crippen molar-refractivity contribution in [3.63, 3.8) is 0 Å². The molecule has 1 aliphatic heterocycles.